The molecular weight excluding hydrogens is 320 g/mol. The van der Waals surface area contributed by atoms with Crippen molar-refractivity contribution < 1.29 is 9.29 Å². The topological polar surface area (TPSA) is 57.2 Å². The van der Waals surface area contributed by atoms with E-state index in [1.807, 2.05) is 26.8 Å². The van der Waals surface area contributed by atoms with Crippen molar-refractivity contribution in [3.05, 3.63) is 23.0 Å². The van der Waals surface area contributed by atoms with E-state index in [0.29, 0.717) is 17.3 Å². The SMILES string of the molecule is COc1cc(C[C@@H](N[S+]([O-])C(C)(C)C)C(C)(C)C)cnc1Cl. The van der Waals surface area contributed by atoms with Gasteiger partial charge >= 0.3 is 0 Å². The van der Waals surface area contributed by atoms with Gasteiger partial charge in [-0.05, 0) is 44.2 Å². The van der Waals surface area contributed by atoms with Crippen LogP contribution in [-0.4, -0.2) is 27.4 Å². The van der Waals surface area contributed by atoms with E-state index in [1.165, 1.54) is 0 Å². The molecule has 0 bridgehead atoms. The lowest BCUT2D eigenvalue weighted by Gasteiger charge is -2.34. The third-order valence-electron chi connectivity index (χ3n) is 3.37. The number of hydrogen-bond acceptors (Lipinski definition) is 4. The van der Waals surface area contributed by atoms with Gasteiger partial charge in [-0.2, -0.15) is 0 Å². The first-order chi connectivity index (χ1) is 9.95. The second kappa shape index (κ2) is 7.39. The van der Waals surface area contributed by atoms with Gasteiger partial charge in [-0.15, -0.1) is 4.72 Å². The van der Waals surface area contributed by atoms with Crippen LogP contribution in [0.4, 0.5) is 0 Å². The summed E-state index contributed by atoms with van der Waals surface area (Å²) in [5.74, 6) is 0.559. The van der Waals surface area contributed by atoms with Gasteiger partial charge in [0.15, 0.2) is 10.9 Å². The zero-order chi connectivity index (χ0) is 17.1. The molecule has 0 radical (unpaired) electrons. The highest BCUT2D eigenvalue weighted by molar-refractivity contribution is 7.90. The van der Waals surface area contributed by atoms with Gasteiger partial charge in [0.2, 0.25) is 0 Å². The molecular formula is C16H27ClN2O2S. The summed E-state index contributed by atoms with van der Waals surface area (Å²) in [4.78, 5) is 4.15. The first-order valence-electron chi connectivity index (χ1n) is 7.31. The number of pyridine rings is 1. The third kappa shape index (κ3) is 5.61. The summed E-state index contributed by atoms with van der Waals surface area (Å²) in [5.41, 5.74) is 0.952. The minimum absolute atomic E-state index is 0.0419. The van der Waals surface area contributed by atoms with Crippen molar-refractivity contribution in [2.24, 2.45) is 5.41 Å². The lowest BCUT2D eigenvalue weighted by molar-refractivity contribution is 0.294. The van der Waals surface area contributed by atoms with Crippen molar-refractivity contribution in [2.45, 2.75) is 58.8 Å². The fourth-order valence-electron chi connectivity index (χ4n) is 1.79. The van der Waals surface area contributed by atoms with Crippen LogP contribution in [0.1, 0.15) is 47.1 Å². The first-order valence-corrected chi connectivity index (χ1v) is 8.84. The molecule has 1 aromatic rings. The van der Waals surface area contributed by atoms with E-state index >= 15 is 0 Å². The maximum atomic E-state index is 12.4. The van der Waals surface area contributed by atoms with Crippen LogP contribution in [-0.2, 0) is 17.8 Å². The Morgan fingerprint density at radius 1 is 1.32 bits per heavy atom. The van der Waals surface area contributed by atoms with E-state index < -0.39 is 11.4 Å². The van der Waals surface area contributed by atoms with Crippen LogP contribution < -0.4 is 9.46 Å². The highest BCUT2D eigenvalue weighted by Gasteiger charge is 2.34. The van der Waals surface area contributed by atoms with Crippen LogP contribution in [0.25, 0.3) is 0 Å². The molecule has 22 heavy (non-hydrogen) atoms. The average molecular weight is 347 g/mol. The quantitative estimate of drug-likeness (QED) is 0.651. The molecule has 0 saturated carbocycles. The molecule has 1 unspecified atom stereocenters. The number of rotatable bonds is 5. The van der Waals surface area contributed by atoms with Gasteiger partial charge in [-0.1, -0.05) is 32.4 Å². The van der Waals surface area contributed by atoms with E-state index in [1.54, 1.807) is 13.3 Å². The van der Waals surface area contributed by atoms with Crippen LogP contribution in [0, 0.1) is 5.41 Å². The van der Waals surface area contributed by atoms with Gasteiger partial charge in [0.1, 0.15) is 4.75 Å². The smallest absolute Gasteiger partial charge is 0.171 e. The minimum atomic E-state index is -1.13. The Morgan fingerprint density at radius 2 is 1.91 bits per heavy atom. The van der Waals surface area contributed by atoms with Gasteiger partial charge in [0.05, 0.1) is 13.2 Å². The second-order valence-electron chi connectivity index (χ2n) is 7.46. The Bertz CT molecular complexity index is 498. The maximum Gasteiger partial charge on any atom is 0.171 e. The van der Waals surface area contributed by atoms with Crippen LogP contribution in [0.3, 0.4) is 0 Å². The summed E-state index contributed by atoms with van der Waals surface area (Å²) < 4.78 is 20.6. The van der Waals surface area contributed by atoms with Gasteiger partial charge in [-0.25, -0.2) is 4.98 Å². The summed E-state index contributed by atoms with van der Waals surface area (Å²) in [6.45, 7) is 12.3. The van der Waals surface area contributed by atoms with Gasteiger partial charge < -0.3 is 9.29 Å². The van der Waals surface area contributed by atoms with Crippen LogP contribution in [0.5, 0.6) is 5.75 Å². The van der Waals surface area contributed by atoms with E-state index in [-0.39, 0.29) is 16.2 Å². The molecule has 0 aliphatic rings. The zero-order valence-electron chi connectivity index (χ0n) is 14.5. The number of methoxy groups -OCH3 is 1. The van der Waals surface area contributed by atoms with Crippen molar-refractivity contribution in [2.75, 3.05) is 7.11 Å². The Morgan fingerprint density at radius 3 is 2.36 bits per heavy atom. The minimum Gasteiger partial charge on any atom is -0.598 e. The molecule has 1 aromatic heterocycles. The molecule has 0 saturated heterocycles. The van der Waals surface area contributed by atoms with E-state index in [0.717, 1.165) is 5.56 Å². The van der Waals surface area contributed by atoms with Gasteiger partial charge in [-0.3, -0.25) is 0 Å². The fourth-order valence-corrected chi connectivity index (χ4v) is 3.02. The van der Waals surface area contributed by atoms with Crippen molar-refractivity contribution in [1.29, 1.82) is 0 Å². The molecule has 126 valence electrons. The number of aromatic nitrogens is 1. The number of hydrogen-bond donors (Lipinski definition) is 1. The summed E-state index contributed by atoms with van der Waals surface area (Å²) in [5, 5.41) is 0.352. The monoisotopic (exact) mass is 346 g/mol. The van der Waals surface area contributed by atoms with Gasteiger partial charge in [0.25, 0.3) is 0 Å². The largest absolute Gasteiger partial charge is 0.598 e. The summed E-state index contributed by atoms with van der Waals surface area (Å²) in [7, 11) is 1.57. The second-order valence-corrected chi connectivity index (χ2v) is 9.81. The van der Waals surface area contributed by atoms with E-state index in [9.17, 15) is 4.55 Å². The molecule has 6 heteroatoms. The van der Waals surface area contributed by atoms with Crippen molar-refractivity contribution >= 4 is 23.0 Å². The predicted molar refractivity (Wildman–Crippen MR) is 93.8 cm³/mol. The summed E-state index contributed by atoms with van der Waals surface area (Å²) >= 11 is 4.84. The van der Waals surface area contributed by atoms with Crippen molar-refractivity contribution in [1.82, 2.24) is 9.71 Å². The van der Waals surface area contributed by atoms with Crippen molar-refractivity contribution in [3.8, 4) is 5.75 Å². The lowest BCUT2D eigenvalue weighted by atomic mass is 9.84. The fraction of sp³-hybridized carbons (Fsp3) is 0.688. The highest BCUT2D eigenvalue weighted by atomic mass is 35.5. The molecule has 1 heterocycles. The zero-order valence-corrected chi connectivity index (χ0v) is 16.1. The molecule has 0 spiro atoms. The Hall–Kier alpha value is -0.490. The van der Waals surface area contributed by atoms with Crippen LogP contribution >= 0.6 is 11.6 Å². The number of halogens is 1. The summed E-state index contributed by atoms with van der Waals surface area (Å²) in [6.07, 6.45) is 2.44. The molecule has 1 N–H and O–H groups in total. The molecule has 0 aromatic carbocycles. The van der Waals surface area contributed by atoms with Gasteiger partial charge in [0, 0.05) is 17.6 Å². The standard InChI is InChI=1S/C16H27ClN2O2S/c1-15(2,3)13(19-22(20)16(4,5)6)9-11-8-12(21-7)14(17)18-10-11/h8,10,13,19H,9H2,1-7H3/t13-,22?/m1/s1. The van der Waals surface area contributed by atoms with E-state index in [2.05, 4.69) is 30.5 Å². The molecule has 1 rings (SSSR count). The molecule has 4 nitrogen and oxygen atoms in total. The highest BCUT2D eigenvalue weighted by Crippen LogP contribution is 2.28. The molecule has 2 atom stereocenters. The van der Waals surface area contributed by atoms with E-state index in [4.69, 9.17) is 16.3 Å². The van der Waals surface area contributed by atoms with Crippen LogP contribution in [0.15, 0.2) is 12.3 Å². The van der Waals surface area contributed by atoms with Crippen molar-refractivity contribution in [3.63, 3.8) is 0 Å². The number of nitrogens with zero attached hydrogens (tertiary/aromatic N) is 1. The Labute approximate surface area is 142 Å². The molecule has 0 fully saturated rings. The predicted octanol–water partition coefficient (Wildman–Crippen LogP) is 3.75. The average Bonchev–Trinajstić information content (AvgIpc) is 2.37. The Kier molecular flexibility index (Phi) is 6.57. The normalized spacial score (nSPS) is 15.5. The number of nitrogens with one attached hydrogen (secondary N) is 1. The molecule has 0 aliphatic carbocycles. The molecule has 0 amide bonds. The Balaban J connectivity index is 2.95. The number of ether oxygens (including phenoxy) is 1. The third-order valence-corrected chi connectivity index (χ3v) is 5.27. The molecule has 0 aliphatic heterocycles. The van der Waals surface area contributed by atoms with Crippen LogP contribution in [0.2, 0.25) is 5.15 Å². The summed E-state index contributed by atoms with van der Waals surface area (Å²) in [6, 6.07) is 1.93. The maximum absolute atomic E-state index is 12.4. The first kappa shape index (κ1) is 19.6. The lowest BCUT2D eigenvalue weighted by Crippen LogP contribution is -2.50.